The van der Waals surface area contributed by atoms with E-state index in [0.717, 1.165) is 32.3 Å². The summed E-state index contributed by atoms with van der Waals surface area (Å²) in [5, 5.41) is 0. The molecule has 15 heavy (non-hydrogen) atoms. The lowest BCUT2D eigenvalue weighted by molar-refractivity contribution is -0.147. The summed E-state index contributed by atoms with van der Waals surface area (Å²) >= 11 is 0. The highest BCUT2D eigenvalue weighted by Crippen LogP contribution is 2.42. The predicted molar refractivity (Wildman–Crippen MR) is 55.2 cm³/mol. The van der Waals surface area contributed by atoms with Gasteiger partial charge in [0.2, 0.25) is 0 Å². The monoisotopic (exact) mass is 213 g/mol. The van der Waals surface area contributed by atoms with Crippen LogP contribution in [0.2, 0.25) is 0 Å². The molecule has 1 saturated heterocycles. The van der Waals surface area contributed by atoms with Gasteiger partial charge in [0, 0.05) is 12.6 Å². The molecule has 4 heteroatoms. The number of methoxy groups -OCH3 is 1. The number of carbonyl (C=O) groups is 1. The number of esters is 1. The van der Waals surface area contributed by atoms with Gasteiger partial charge in [0.1, 0.15) is 0 Å². The molecule has 0 aromatic heterocycles. The molecule has 1 spiro atoms. The Hall–Kier alpha value is -0.610. The third-order valence-corrected chi connectivity index (χ3v) is 3.66. The molecule has 4 nitrogen and oxygen atoms in total. The van der Waals surface area contributed by atoms with E-state index in [4.69, 9.17) is 15.2 Å². The van der Waals surface area contributed by atoms with E-state index in [9.17, 15) is 4.79 Å². The summed E-state index contributed by atoms with van der Waals surface area (Å²) in [5.74, 6) is -0.360. The van der Waals surface area contributed by atoms with Crippen LogP contribution in [0.4, 0.5) is 0 Å². The first-order chi connectivity index (χ1) is 7.17. The fourth-order valence-electron chi connectivity index (χ4n) is 2.85. The van der Waals surface area contributed by atoms with Crippen LogP contribution in [-0.4, -0.2) is 31.3 Å². The molecular formula is C11H19NO3. The molecule has 0 aromatic carbocycles. The third kappa shape index (κ3) is 2.01. The van der Waals surface area contributed by atoms with Crippen LogP contribution in [-0.2, 0) is 14.3 Å². The van der Waals surface area contributed by atoms with Gasteiger partial charge in [-0.2, -0.15) is 0 Å². The Morgan fingerprint density at radius 1 is 1.47 bits per heavy atom. The highest BCUT2D eigenvalue weighted by Gasteiger charge is 2.48. The third-order valence-electron chi connectivity index (χ3n) is 3.66. The number of nitrogens with two attached hydrogens (primary N) is 1. The second-order valence-electron chi connectivity index (χ2n) is 4.69. The fourth-order valence-corrected chi connectivity index (χ4v) is 2.85. The van der Waals surface area contributed by atoms with Crippen molar-refractivity contribution in [1.82, 2.24) is 0 Å². The Morgan fingerprint density at radius 3 is 2.87 bits per heavy atom. The topological polar surface area (TPSA) is 61.5 Å². The van der Waals surface area contributed by atoms with Gasteiger partial charge in [-0.25, -0.2) is 0 Å². The van der Waals surface area contributed by atoms with Crippen LogP contribution < -0.4 is 5.73 Å². The molecule has 2 aliphatic rings. The first-order valence-electron chi connectivity index (χ1n) is 5.64. The van der Waals surface area contributed by atoms with Gasteiger partial charge in [0.05, 0.1) is 18.6 Å². The molecule has 0 amide bonds. The Morgan fingerprint density at radius 2 is 2.27 bits per heavy atom. The van der Waals surface area contributed by atoms with E-state index >= 15 is 0 Å². The Balaban J connectivity index is 2.04. The zero-order valence-electron chi connectivity index (χ0n) is 9.20. The largest absolute Gasteiger partial charge is 0.469 e. The summed E-state index contributed by atoms with van der Waals surface area (Å²) in [6.45, 7) is 0.806. The van der Waals surface area contributed by atoms with E-state index in [1.807, 2.05) is 0 Å². The van der Waals surface area contributed by atoms with Crippen LogP contribution in [0.1, 0.15) is 32.1 Å². The molecule has 1 saturated carbocycles. The van der Waals surface area contributed by atoms with Gasteiger partial charge < -0.3 is 15.2 Å². The summed E-state index contributed by atoms with van der Waals surface area (Å²) < 4.78 is 10.6. The van der Waals surface area contributed by atoms with E-state index in [1.54, 1.807) is 0 Å². The van der Waals surface area contributed by atoms with Crippen molar-refractivity contribution in [3.63, 3.8) is 0 Å². The molecule has 2 N–H and O–H groups in total. The van der Waals surface area contributed by atoms with Crippen LogP contribution in [0.25, 0.3) is 0 Å². The van der Waals surface area contributed by atoms with Crippen LogP contribution in [0.5, 0.6) is 0 Å². The molecule has 0 radical (unpaired) electrons. The van der Waals surface area contributed by atoms with Crippen LogP contribution in [0, 0.1) is 5.92 Å². The van der Waals surface area contributed by atoms with Gasteiger partial charge in [-0.1, -0.05) is 0 Å². The van der Waals surface area contributed by atoms with Crippen molar-refractivity contribution in [3.8, 4) is 0 Å². The SMILES string of the molecule is COC(=O)[C@H]1CC2(CCCCO2)C[C@H]1N. The molecule has 0 bridgehead atoms. The predicted octanol–water partition coefficient (Wildman–Crippen LogP) is 0.836. The molecular weight excluding hydrogens is 194 g/mol. The maximum Gasteiger partial charge on any atom is 0.310 e. The summed E-state index contributed by atoms with van der Waals surface area (Å²) in [6.07, 6.45) is 4.88. The standard InChI is InChI=1S/C11H19NO3/c1-14-10(13)8-6-11(7-9(8)12)4-2-3-5-15-11/h8-9H,2-7,12H2,1H3/t8-,9+,11?/m0/s1. The molecule has 1 aliphatic carbocycles. The average Bonchev–Trinajstić information content (AvgIpc) is 2.55. The van der Waals surface area contributed by atoms with Crippen molar-refractivity contribution in [1.29, 1.82) is 0 Å². The number of ether oxygens (including phenoxy) is 2. The summed E-state index contributed by atoms with van der Waals surface area (Å²) in [5.41, 5.74) is 5.85. The lowest BCUT2D eigenvalue weighted by Gasteiger charge is -2.33. The van der Waals surface area contributed by atoms with Gasteiger partial charge >= 0.3 is 5.97 Å². The normalized spacial score (nSPS) is 40.7. The van der Waals surface area contributed by atoms with Gasteiger partial charge in [-0.15, -0.1) is 0 Å². The summed E-state index contributed by atoms with van der Waals surface area (Å²) in [4.78, 5) is 11.5. The minimum absolute atomic E-state index is 0.101. The van der Waals surface area contributed by atoms with E-state index < -0.39 is 0 Å². The minimum atomic E-state index is -0.187. The van der Waals surface area contributed by atoms with Crippen molar-refractivity contribution < 1.29 is 14.3 Å². The maximum absolute atomic E-state index is 11.5. The molecule has 86 valence electrons. The number of carbonyl (C=O) groups excluding carboxylic acids is 1. The second-order valence-corrected chi connectivity index (χ2v) is 4.69. The Kier molecular flexibility index (Phi) is 2.98. The molecule has 1 unspecified atom stereocenters. The van der Waals surface area contributed by atoms with E-state index in [1.165, 1.54) is 13.5 Å². The first-order valence-corrected chi connectivity index (χ1v) is 5.64. The van der Waals surface area contributed by atoms with Crippen LogP contribution >= 0.6 is 0 Å². The van der Waals surface area contributed by atoms with Crippen molar-refractivity contribution in [3.05, 3.63) is 0 Å². The minimum Gasteiger partial charge on any atom is -0.469 e. The van der Waals surface area contributed by atoms with Crippen molar-refractivity contribution in [2.45, 2.75) is 43.7 Å². The summed E-state index contributed by atoms with van der Waals surface area (Å²) in [6, 6.07) is -0.101. The molecule has 0 aromatic rings. The first kappa shape index (κ1) is 10.9. The van der Waals surface area contributed by atoms with E-state index in [-0.39, 0.29) is 23.5 Å². The average molecular weight is 213 g/mol. The van der Waals surface area contributed by atoms with Crippen LogP contribution in [0.15, 0.2) is 0 Å². The Bertz CT molecular complexity index is 248. The zero-order valence-corrected chi connectivity index (χ0v) is 9.20. The van der Waals surface area contributed by atoms with Gasteiger partial charge in [0.15, 0.2) is 0 Å². The lowest BCUT2D eigenvalue weighted by Crippen LogP contribution is -2.34. The highest BCUT2D eigenvalue weighted by atomic mass is 16.5. The smallest absolute Gasteiger partial charge is 0.310 e. The molecule has 3 atom stereocenters. The Labute approximate surface area is 90.1 Å². The van der Waals surface area contributed by atoms with Crippen molar-refractivity contribution >= 4 is 5.97 Å². The highest BCUT2D eigenvalue weighted by molar-refractivity contribution is 5.73. The second kappa shape index (κ2) is 4.10. The summed E-state index contributed by atoms with van der Waals surface area (Å²) in [7, 11) is 1.42. The van der Waals surface area contributed by atoms with Crippen LogP contribution in [0.3, 0.4) is 0 Å². The zero-order chi connectivity index (χ0) is 10.9. The number of hydrogen-bond donors (Lipinski definition) is 1. The number of hydrogen-bond acceptors (Lipinski definition) is 4. The van der Waals surface area contributed by atoms with Crippen molar-refractivity contribution in [2.24, 2.45) is 11.7 Å². The number of rotatable bonds is 1. The fraction of sp³-hybridized carbons (Fsp3) is 0.909. The van der Waals surface area contributed by atoms with Gasteiger partial charge in [-0.05, 0) is 32.1 Å². The van der Waals surface area contributed by atoms with E-state index in [0.29, 0.717) is 0 Å². The van der Waals surface area contributed by atoms with E-state index in [2.05, 4.69) is 0 Å². The van der Waals surface area contributed by atoms with Gasteiger partial charge in [-0.3, -0.25) is 4.79 Å². The molecule has 2 fully saturated rings. The quantitative estimate of drug-likeness (QED) is 0.655. The van der Waals surface area contributed by atoms with Crippen molar-refractivity contribution in [2.75, 3.05) is 13.7 Å². The maximum atomic E-state index is 11.5. The molecule has 1 aliphatic heterocycles. The molecule has 2 rings (SSSR count). The van der Waals surface area contributed by atoms with Gasteiger partial charge in [0.25, 0.3) is 0 Å². The lowest BCUT2D eigenvalue weighted by atomic mass is 9.91. The molecule has 1 heterocycles.